The lowest BCUT2D eigenvalue weighted by molar-refractivity contribution is 0.318. The second-order valence-corrected chi connectivity index (χ2v) is 5.10. The Morgan fingerprint density at radius 3 is 3.05 bits per heavy atom. The van der Waals surface area contributed by atoms with E-state index in [2.05, 4.69) is 38.9 Å². The lowest BCUT2D eigenvalue weighted by Gasteiger charge is -2.30. The van der Waals surface area contributed by atoms with E-state index in [4.69, 9.17) is 10.9 Å². The third-order valence-electron chi connectivity index (χ3n) is 3.64. The first kappa shape index (κ1) is 14.5. The summed E-state index contributed by atoms with van der Waals surface area (Å²) in [5.74, 6) is 0.657. The van der Waals surface area contributed by atoms with Crippen LogP contribution < -0.4 is 10.6 Å². The van der Waals surface area contributed by atoms with Gasteiger partial charge in [-0.3, -0.25) is 0 Å². The van der Waals surface area contributed by atoms with Crippen molar-refractivity contribution in [3.8, 4) is 0 Å². The lowest BCUT2D eigenvalue weighted by Crippen LogP contribution is -2.41. The average Bonchev–Trinajstić information content (AvgIpc) is 2.67. The predicted octanol–water partition coefficient (Wildman–Crippen LogP) is 0.492. The van der Waals surface area contributed by atoms with Crippen molar-refractivity contribution in [2.75, 3.05) is 31.6 Å². The van der Waals surface area contributed by atoms with Crippen LogP contribution in [-0.2, 0) is 0 Å². The molecule has 1 aliphatic heterocycles. The van der Waals surface area contributed by atoms with Crippen molar-refractivity contribution in [2.24, 2.45) is 10.9 Å². The van der Waals surface area contributed by atoms with E-state index in [1.165, 1.54) is 0 Å². The summed E-state index contributed by atoms with van der Waals surface area (Å²) in [7, 11) is 2.14. The summed E-state index contributed by atoms with van der Waals surface area (Å²) < 4.78 is 0. The summed E-state index contributed by atoms with van der Waals surface area (Å²) in [4.78, 5) is 13.3. The van der Waals surface area contributed by atoms with E-state index < -0.39 is 0 Å². The van der Waals surface area contributed by atoms with E-state index in [0.717, 1.165) is 32.5 Å². The van der Waals surface area contributed by atoms with E-state index in [1.54, 1.807) is 12.3 Å². The van der Waals surface area contributed by atoms with Crippen LogP contribution in [0.15, 0.2) is 17.4 Å². The van der Waals surface area contributed by atoms with Crippen molar-refractivity contribution >= 4 is 11.8 Å². The maximum Gasteiger partial charge on any atom is 0.226 e. The minimum Gasteiger partial charge on any atom is -0.409 e. The standard InChI is InChI=1S/C13H22N6O/c1-3-10-9-18(2)7-4-8-19(10)13-15-6-5-11(16-13)12(14)17-20/h5-6,10,20H,3-4,7-9H2,1-2H3,(H2,14,17). The molecule has 2 rings (SSSR count). The van der Waals surface area contributed by atoms with E-state index in [1.807, 2.05) is 0 Å². The van der Waals surface area contributed by atoms with E-state index in [0.29, 0.717) is 17.7 Å². The predicted molar refractivity (Wildman–Crippen MR) is 78.1 cm³/mol. The molecule has 1 atom stereocenters. The van der Waals surface area contributed by atoms with E-state index in [-0.39, 0.29) is 5.84 Å². The van der Waals surface area contributed by atoms with Gasteiger partial charge in [-0.05, 0) is 32.5 Å². The van der Waals surface area contributed by atoms with Crippen molar-refractivity contribution in [1.29, 1.82) is 0 Å². The second kappa shape index (κ2) is 6.51. The molecule has 20 heavy (non-hydrogen) atoms. The lowest BCUT2D eigenvalue weighted by atomic mass is 10.2. The molecular weight excluding hydrogens is 256 g/mol. The van der Waals surface area contributed by atoms with Crippen molar-refractivity contribution in [3.05, 3.63) is 18.0 Å². The number of nitrogens with two attached hydrogens (primary N) is 1. The SMILES string of the molecule is CCC1CN(C)CCCN1c1nccc(/C(N)=N/O)n1. The minimum absolute atomic E-state index is 0.00800. The molecule has 3 N–H and O–H groups in total. The molecule has 0 bridgehead atoms. The maximum absolute atomic E-state index is 8.75. The van der Waals surface area contributed by atoms with Crippen LogP contribution in [-0.4, -0.2) is 58.6 Å². The van der Waals surface area contributed by atoms with Crippen molar-refractivity contribution < 1.29 is 5.21 Å². The number of hydrogen-bond donors (Lipinski definition) is 2. The van der Waals surface area contributed by atoms with E-state index in [9.17, 15) is 0 Å². The van der Waals surface area contributed by atoms with Gasteiger partial charge in [0.2, 0.25) is 5.95 Å². The molecule has 1 aliphatic rings. The molecule has 1 saturated heterocycles. The molecule has 110 valence electrons. The van der Waals surface area contributed by atoms with Crippen LogP contribution in [0.2, 0.25) is 0 Å². The van der Waals surface area contributed by atoms with Crippen molar-refractivity contribution in [2.45, 2.75) is 25.8 Å². The molecule has 0 amide bonds. The average molecular weight is 278 g/mol. The van der Waals surface area contributed by atoms with Gasteiger partial charge >= 0.3 is 0 Å². The van der Waals surface area contributed by atoms with Crippen LogP contribution in [0.1, 0.15) is 25.5 Å². The smallest absolute Gasteiger partial charge is 0.226 e. The summed E-state index contributed by atoms with van der Waals surface area (Å²) >= 11 is 0. The van der Waals surface area contributed by atoms with Gasteiger partial charge in [-0.2, -0.15) is 0 Å². The van der Waals surface area contributed by atoms with Crippen LogP contribution in [0.3, 0.4) is 0 Å². The molecule has 2 heterocycles. The molecule has 1 aromatic rings. The highest BCUT2D eigenvalue weighted by Crippen LogP contribution is 2.18. The van der Waals surface area contributed by atoms with Gasteiger partial charge in [0, 0.05) is 25.3 Å². The maximum atomic E-state index is 8.75. The number of aromatic nitrogens is 2. The number of oxime groups is 1. The van der Waals surface area contributed by atoms with Gasteiger partial charge < -0.3 is 20.7 Å². The second-order valence-electron chi connectivity index (χ2n) is 5.10. The monoisotopic (exact) mass is 278 g/mol. The summed E-state index contributed by atoms with van der Waals surface area (Å²) in [6.07, 6.45) is 3.75. The number of anilines is 1. The molecule has 0 radical (unpaired) electrons. The first-order chi connectivity index (χ1) is 9.65. The van der Waals surface area contributed by atoms with Crippen LogP contribution in [0.25, 0.3) is 0 Å². The normalized spacial score (nSPS) is 21.8. The summed E-state index contributed by atoms with van der Waals surface area (Å²) in [6, 6.07) is 2.02. The highest BCUT2D eigenvalue weighted by Gasteiger charge is 2.24. The zero-order valence-electron chi connectivity index (χ0n) is 12.0. The summed E-state index contributed by atoms with van der Waals surface area (Å²) in [5, 5.41) is 11.7. The molecular formula is C13H22N6O. The Morgan fingerprint density at radius 2 is 2.35 bits per heavy atom. The third kappa shape index (κ3) is 3.16. The first-order valence-corrected chi connectivity index (χ1v) is 6.91. The Morgan fingerprint density at radius 1 is 1.55 bits per heavy atom. The van der Waals surface area contributed by atoms with Gasteiger partial charge in [0.05, 0.1) is 0 Å². The zero-order valence-corrected chi connectivity index (χ0v) is 12.0. The Bertz CT molecular complexity index is 478. The first-order valence-electron chi connectivity index (χ1n) is 6.91. The van der Waals surface area contributed by atoms with Crippen LogP contribution >= 0.6 is 0 Å². The van der Waals surface area contributed by atoms with Gasteiger partial charge in [-0.25, -0.2) is 9.97 Å². The molecule has 1 unspecified atom stereocenters. The molecule has 0 aromatic carbocycles. The van der Waals surface area contributed by atoms with Crippen LogP contribution in [0, 0.1) is 0 Å². The van der Waals surface area contributed by atoms with Crippen molar-refractivity contribution in [3.63, 3.8) is 0 Å². The Kier molecular flexibility index (Phi) is 4.73. The fourth-order valence-electron chi connectivity index (χ4n) is 2.54. The summed E-state index contributed by atoms with van der Waals surface area (Å²) in [5.41, 5.74) is 6.04. The quantitative estimate of drug-likeness (QED) is 0.362. The van der Waals surface area contributed by atoms with E-state index >= 15 is 0 Å². The molecule has 7 nitrogen and oxygen atoms in total. The summed E-state index contributed by atoms with van der Waals surface area (Å²) in [6.45, 7) is 5.16. The third-order valence-corrected chi connectivity index (χ3v) is 3.64. The molecule has 1 fully saturated rings. The number of likely N-dealkylation sites (N-methyl/N-ethyl adjacent to an activating group) is 1. The molecule has 1 aromatic heterocycles. The largest absolute Gasteiger partial charge is 0.409 e. The van der Waals surface area contributed by atoms with Gasteiger partial charge in [0.15, 0.2) is 5.84 Å². The number of nitrogens with zero attached hydrogens (tertiary/aromatic N) is 5. The fraction of sp³-hybridized carbons (Fsp3) is 0.615. The number of rotatable bonds is 3. The number of hydrogen-bond acceptors (Lipinski definition) is 6. The number of amidine groups is 1. The fourth-order valence-corrected chi connectivity index (χ4v) is 2.54. The van der Waals surface area contributed by atoms with Crippen LogP contribution in [0.4, 0.5) is 5.95 Å². The highest BCUT2D eigenvalue weighted by atomic mass is 16.4. The Balaban J connectivity index is 2.28. The topological polar surface area (TPSA) is 90.9 Å². The minimum atomic E-state index is 0.00800. The van der Waals surface area contributed by atoms with Gasteiger partial charge in [0.1, 0.15) is 5.69 Å². The molecule has 0 saturated carbocycles. The van der Waals surface area contributed by atoms with Gasteiger partial charge in [-0.15, -0.1) is 0 Å². The Hall–Kier alpha value is -1.89. The molecule has 0 spiro atoms. The molecule has 0 aliphatic carbocycles. The van der Waals surface area contributed by atoms with Crippen LogP contribution in [0.5, 0.6) is 0 Å². The highest BCUT2D eigenvalue weighted by molar-refractivity contribution is 5.95. The van der Waals surface area contributed by atoms with Gasteiger partial charge in [0.25, 0.3) is 0 Å². The molecule has 7 heteroatoms. The van der Waals surface area contributed by atoms with Crippen molar-refractivity contribution in [1.82, 2.24) is 14.9 Å². The Labute approximate surface area is 119 Å². The zero-order chi connectivity index (χ0) is 14.5. The van der Waals surface area contributed by atoms with Gasteiger partial charge in [-0.1, -0.05) is 12.1 Å².